The number of hydrogen-bond acceptors (Lipinski definition) is 7. The van der Waals surface area contributed by atoms with E-state index in [4.69, 9.17) is 31.5 Å². The van der Waals surface area contributed by atoms with E-state index < -0.39 is 29.9 Å². The first kappa shape index (κ1) is 25.6. The van der Waals surface area contributed by atoms with Crippen molar-refractivity contribution in [2.45, 2.75) is 6.42 Å². The highest BCUT2D eigenvalue weighted by Gasteiger charge is 2.25. The fraction of sp³-hybridized carbons (Fsp3) is 0.120. The lowest BCUT2D eigenvalue weighted by Crippen LogP contribution is -2.31. The molecule has 0 aliphatic heterocycles. The lowest BCUT2D eigenvalue weighted by Gasteiger charge is -2.23. The van der Waals surface area contributed by atoms with Gasteiger partial charge < -0.3 is 19.9 Å². The number of hydrogen-bond donors (Lipinski definition) is 1. The predicted molar refractivity (Wildman–Crippen MR) is 131 cm³/mol. The summed E-state index contributed by atoms with van der Waals surface area (Å²) in [5.41, 5.74) is 5.38. The zero-order valence-electron chi connectivity index (χ0n) is 19.5. The molecule has 190 valence electrons. The van der Waals surface area contributed by atoms with Gasteiger partial charge in [0.05, 0.1) is 37.3 Å². The molecule has 2 heterocycles. The number of halogens is 3. The van der Waals surface area contributed by atoms with Crippen LogP contribution in [0.15, 0.2) is 54.9 Å². The van der Waals surface area contributed by atoms with Crippen LogP contribution in [0.5, 0.6) is 23.1 Å². The Hall–Kier alpha value is -4.51. The zero-order chi connectivity index (χ0) is 26.7. The van der Waals surface area contributed by atoms with Gasteiger partial charge in [-0.2, -0.15) is 0 Å². The van der Waals surface area contributed by atoms with Gasteiger partial charge in [0.1, 0.15) is 28.8 Å². The largest absolute Gasteiger partial charge is 0.493 e. The first-order valence-corrected chi connectivity index (χ1v) is 11.0. The molecule has 4 aromatic rings. The maximum Gasteiger partial charge on any atom is 0.241 e. The van der Waals surface area contributed by atoms with Crippen LogP contribution in [0.1, 0.15) is 6.42 Å². The van der Waals surface area contributed by atoms with Crippen LogP contribution in [0, 0.1) is 11.6 Å². The van der Waals surface area contributed by atoms with Crippen LogP contribution in [0.25, 0.3) is 10.9 Å². The Balaban J connectivity index is 1.73. The number of methoxy groups -OCH3 is 2. The van der Waals surface area contributed by atoms with Crippen molar-refractivity contribution in [3.05, 3.63) is 71.5 Å². The van der Waals surface area contributed by atoms with Gasteiger partial charge in [0.15, 0.2) is 11.5 Å². The Morgan fingerprint density at radius 1 is 1.00 bits per heavy atom. The monoisotopic (exact) mass is 528 g/mol. The summed E-state index contributed by atoms with van der Waals surface area (Å²) in [5.74, 6) is -2.45. The quantitative estimate of drug-likeness (QED) is 0.323. The Bertz CT molecular complexity index is 1520. The lowest BCUT2D eigenvalue weighted by molar-refractivity contribution is -0.125. The highest BCUT2D eigenvalue weighted by atomic mass is 35.5. The normalized spacial score (nSPS) is 10.7. The third-order valence-corrected chi connectivity index (χ3v) is 5.46. The summed E-state index contributed by atoms with van der Waals surface area (Å²) in [6, 6.07) is 8.86. The number of pyridine rings is 2. The first-order valence-electron chi connectivity index (χ1n) is 10.6. The zero-order valence-corrected chi connectivity index (χ0v) is 20.3. The van der Waals surface area contributed by atoms with E-state index >= 15 is 0 Å². The molecule has 2 aromatic heterocycles. The van der Waals surface area contributed by atoms with E-state index in [-0.39, 0.29) is 22.3 Å². The molecule has 2 N–H and O–H groups in total. The number of benzene rings is 2. The Labute approximate surface area is 214 Å². The van der Waals surface area contributed by atoms with Gasteiger partial charge in [-0.25, -0.2) is 13.8 Å². The summed E-state index contributed by atoms with van der Waals surface area (Å²) in [6.45, 7) is 0. The van der Waals surface area contributed by atoms with Crippen molar-refractivity contribution in [3.8, 4) is 23.1 Å². The van der Waals surface area contributed by atoms with Crippen LogP contribution < -0.4 is 24.8 Å². The fourth-order valence-corrected chi connectivity index (χ4v) is 3.76. The van der Waals surface area contributed by atoms with Crippen LogP contribution in [0.2, 0.25) is 5.02 Å². The molecule has 0 atom stereocenters. The van der Waals surface area contributed by atoms with E-state index in [1.807, 2.05) is 0 Å². The highest BCUT2D eigenvalue weighted by molar-refractivity contribution is 6.32. The number of anilines is 2. The van der Waals surface area contributed by atoms with Crippen LogP contribution in [0.4, 0.5) is 20.2 Å². The van der Waals surface area contributed by atoms with Crippen molar-refractivity contribution in [3.63, 3.8) is 0 Å². The van der Waals surface area contributed by atoms with Crippen molar-refractivity contribution in [1.29, 1.82) is 0 Å². The number of ether oxygens (including phenoxy) is 3. The topological polar surface area (TPSA) is 117 Å². The summed E-state index contributed by atoms with van der Waals surface area (Å²) in [6.07, 6.45) is 1.98. The summed E-state index contributed by atoms with van der Waals surface area (Å²) in [7, 11) is 3.00. The minimum absolute atomic E-state index is 0.0000927. The summed E-state index contributed by atoms with van der Waals surface area (Å²) in [5, 5.41) is 0.538. The molecule has 0 saturated heterocycles. The summed E-state index contributed by atoms with van der Waals surface area (Å²) < 4.78 is 44.6. The van der Waals surface area contributed by atoms with Crippen molar-refractivity contribution in [1.82, 2.24) is 9.97 Å². The summed E-state index contributed by atoms with van der Waals surface area (Å²) in [4.78, 5) is 33.5. The third kappa shape index (κ3) is 5.36. The number of primary amides is 1. The number of carbonyl (C=O) groups excluding carboxylic acids is 2. The Morgan fingerprint density at radius 3 is 2.38 bits per heavy atom. The van der Waals surface area contributed by atoms with E-state index in [2.05, 4.69) is 9.97 Å². The van der Waals surface area contributed by atoms with Crippen molar-refractivity contribution in [2.75, 3.05) is 19.1 Å². The van der Waals surface area contributed by atoms with Crippen LogP contribution in [-0.4, -0.2) is 36.0 Å². The van der Waals surface area contributed by atoms with E-state index in [0.29, 0.717) is 34.2 Å². The number of nitrogens with two attached hydrogens (primary N) is 1. The Morgan fingerprint density at radius 2 is 1.73 bits per heavy atom. The molecular weight excluding hydrogens is 510 g/mol. The van der Waals surface area contributed by atoms with Crippen molar-refractivity contribution < 1.29 is 32.6 Å². The predicted octanol–water partition coefficient (Wildman–Crippen LogP) is 4.91. The van der Waals surface area contributed by atoms with Gasteiger partial charge in [0, 0.05) is 23.7 Å². The number of rotatable bonds is 8. The second kappa shape index (κ2) is 10.6. The van der Waals surface area contributed by atoms with E-state index in [9.17, 15) is 18.4 Å². The number of nitrogens with zero attached hydrogens (tertiary/aromatic N) is 3. The molecular formula is C25H19ClF2N4O5. The van der Waals surface area contributed by atoms with E-state index in [1.165, 1.54) is 32.7 Å². The Kier molecular flexibility index (Phi) is 7.35. The van der Waals surface area contributed by atoms with Gasteiger partial charge in [-0.3, -0.25) is 19.5 Å². The molecule has 0 aliphatic rings. The van der Waals surface area contributed by atoms with Gasteiger partial charge in [0.25, 0.3) is 0 Å². The molecule has 2 amide bonds. The minimum Gasteiger partial charge on any atom is -0.493 e. The molecule has 0 fully saturated rings. The molecule has 2 aromatic carbocycles. The van der Waals surface area contributed by atoms with Gasteiger partial charge in [0.2, 0.25) is 17.7 Å². The molecule has 0 saturated carbocycles. The first-order chi connectivity index (χ1) is 17.7. The second-order valence-corrected chi connectivity index (χ2v) is 7.99. The molecule has 4 rings (SSSR count). The molecule has 12 heteroatoms. The third-order valence-electron chi connectivity index (χ3n) is 5.19. The fourth-order valence-electron chi connectivity index (χ4n) is 3.56. The number of aromatic nitrogens is 2. The van der Waals surface area contributed by atoms with E-state index in [1.54, 1.807) is 18.2 Å². The number of amides is 2. The maximum atomic E-state index is 14.6. The molecule has 9 nitrogen and oxygen atoms in total. The molecule has 0 bridgehead atoms. The van der Waals surface area contributed by atoms with E-state index in [0.717, 1.165) is 17.0 Å². The van der Waals surface area contributed by atoms with Gasteiger partial charge >= 0.3 is 0 Å². The van der Waals surface area contributed by atoms with Crippen LogP contribution in [0.3, 0.4) is 0 Å². The standard InChI is InChI=1S/C25H19ClF2N4O5/c1-35-21-9-15-18(10-22(21)36-2)30-6-5-20(15)37-25-16(26)8-14(12-31-25)32(24(34)11-23(29)33)19-4-3-13(27)7-17(19)28/h3-10,12H,11H2,1-2H3,(H2,29,33). The molecule has 0 spiro atoms. The minimum atomic E-state index is -1.04. The summed E-state index contributed by atoms with van der Waals surface area (Å²) >= 11 is 6.41. The maximum absolute atomic E-state index is 14.6. The van der Waals surface area contributed by atoms with Gasteiger partial charge in [-0.15, -0.1) is 0 Å². The smallest absolute Gasteiger partial charge is 0.241 e. The molecule has 0 aliphatic carbocycles. The molecule has 0 radical (unpaired) electrons. The molecule has 37 heavy (non-hydrogen) atoms. The van der Waals surface area contributed by atoms with Gasteiger partial charge in [-0.1, -0.05) is 11.6 Å². The second-order valence-electron chi connectivity index (χ2n) is 7.58. The molecule has 0 unspecified atom stereocenters. The van der Waals surface area contributed by atoms with Gasteiger partial charge in [-0.05, 0) is 30.3 Å². The SMILES string of the molecule is COc1cc2nccc(Oc3ncc(N(C(=O)CC(N)=O)c4ccc(F)cc4F)cc3Cl)c2cc1OC. The average Bonchev–Trinajstić information content (AvgIpc) is 2.86. The number of fused-ring (bicyclic) bond motifs is 1. The lowest BCUT2D eigenvalue weighted by atomic mass is 10.2. The van der Waals surface area contributed by atoms with Crippen LogP contribution >= 0.6 is 11.6 Å². The van der Waals surface area contributed by atoms with Crippen LogP contribution in [-0.2, 0) is 9.59 Å². The average molecular weight is 529 g/mol. The number of carbonyl (C=O) groups is 2. The highest BCUT2D eigenvalue weighted by Crippen LogP contribution is 2.39. The van der Waals surface area contributed by atoms with Crippen molar-refractivity contribution in [2.24, 2.45) is 5.73 Å². The van der Waals surface area contributed by atoms with Crippen molar-refractivity contribution >= 4 is 45.7 Å².